The van der Waals surface area contributed by atoms with Gasteiger partial charge >= 0.3 is 0 Å². The SMILES string of the molecule is COc1ccccc1C(C)N(C)Cc1cnc2cnccn12. The predicted octanol–water partition coefficient (Wildman–Crippen LogP) is 2.93. The van der Waals surface area contributed by atoms with E-state index in [0.29, 0.717) is 0 Å². The van der Waals surface area contributed by atoms with E-state index in [-0.39, 0.29) is 6.04 Å². The molecule has 0 spiro atoms. The Morgan fingerprint density at radius 3 is 2.91 bits per heavy atom. The number of hydrogen-bond donors (Lipinski definition) is 0. The number of nitrogens with zero attached hydrogens (tertiary/aromatic N) is 4. The maximum absolute atomic E-state index is 5.47. The number of methoxy groups -OCH3 is 1. The van der Waals surface area contributed by atoms with E-state index < -0.39 is 0 Å². The maximum Gasteiger partial charge on any atom is 0.155 e. The largest absolute Gasteiger partial charge is 0.496 e. The average molecular weight is 296 g/mol. The monoisotopic (exact) mass is 296 g/mol. The molecule has 0 bridgehead atoms. The third kappa shape index (κ3) is 2.67. The van der Waals surface area contributed by atoms with Crippen LogP contribution >= 0.6 is 0 Å². The molecule has 1 atom stereocenters. The summed E-state index contributed by atoms with van der Waals surface area (Å²) in [6, 6.07) is 8.38. The highest BCUT2D eigenvalue weighted by Crippen LogP contribution is 2.28. The number of benzene rings is 1. The minimum absolute atomic E-state index is 0.239. The van der Waals surface area contributed by atoms with Crippen LogP contribution in [0.15, 0.2) is 49.1 Å². The molecule has 0 saturated carbocycles. The molecule has 2 heterocycles. The Morgan fingerprint density at radius 1 is 1.27 bits per heavy atom. The van der Waals surface area contributed by atoms with Crippen LogP contribution in [-0.2, 0) is 6.54 Å². The molecule has 3 rings (SSSR count). The number of para-hydroxylation sites is 1. The molecule has 1 aromatic carbocycles. The van der Waals surface area contributed by atoms with Crippen molar-refractivity contribution < 1.29 is 4.74 Å². The van der Waals surface area contributed by atoms with Gasteiger partial charge in [-0.05, 0) is 20.0 Å². The van der Waals surface area contributed by atoms with Gasteiger partial charge in [0.1, 0.15) is 5.75 Å². The van der Waals surface area contributed by atoms with Gasteiger partial charge in [-0.15, -0.1) is 0 Å². The molecule has 3 aromatic rings. The Morgan fingerprint density at radius 2 is 2.09 bits per heavy atom. The van der Waals surface area contributed by atoms with E-state index in [2.05, 4.69) is 39.3 Å². The third-order valence-corrected chi connectivity index (χ3v) is 4.06. The molecule has 2 aromatic heterocycles. The first-order valence-corrected chi connectivity index (χ1v) is 7.30. The fourth-order valence-electron chi connectivity index (χ4n) is 2.65. The minimum atomic E-state index is 0.239. The highest BCUT2D eigenvalue weighted by molar-refractivity contribution is 5.37. The van der Waals surface area contributed by atoms with Crippen molar-refractivity contribution in [3.05, 3.63) is 60.3 Å². The lowest BCUT2D eigenvalue weighted by Gasteiger charge is -2.26. The highest BCUT2D eigenvalue weighted by atomic mass is 16.5. The molecule has 0 radical (unpaired) electrons. The number of imidazole rings is 1. The van der Waals surface area contributed by atoms with Crippen LogP contribution in [-0.4, -0.2) is 33.4 Å². The second kappa shape index (κ2) is 6.15. The normalized spacial score (nSPS) is 12.7. The first kappa shape index (κ1) is 14.5. The molecule has 0 saturated heterocycles. The topological polar surface area (TPSA) is 42.7 Å². The van der Waals surface area contributed by atoms with Crippen molar-refractivity contribution >= 4 is 5.65 Å². The van der Waals surface area contributed by atoms with Gasteiger partial charge in [-0.3, -0.25) is 14.3 Å². The van der Waals surface area contributed by atoms with Crippen LogP contribution in [0.2, 0.25) is 0 Å². The Labute approximate surface area is 130 Å². The number of aromatic nitrogens is 3. The van der Waals surface area contributed by atoms with Crippen molar-refractivity contribution in [3.8, 4) is 5.75 Å². The summed E-state index contributed by atoms with van der Waals surface area (Å²) in [7, 11) is 3.82. The summed E-state index contributed by atoms with van der Waals surface area (Å²) >= 11 is 0. The molecule has 0 amide bonds. The fraction of sp³-hybridized carbons (Fsp3) is 0.294. The van der Waals surface area contributed by atoms with Gasteiger partial charge in [-0.1, -0.05) is 18.2 Å². The molecule has 22 heavy (non-hydrogen) atoms. The van der Waals surface area contributed by atoms with Gasteiger partial charge in [0.25, 0.3) is 0 Å². The zero-order chi connectivity index (χ0) is 15.5. The molecule has 114 valence electrons. The molecule has 0 aliphatic carbocycles. The second-order valence-electron chi connectivity index (χ2n) is 5.39. The van der Waals surface area contributed by atoms with Crippen molar-refractivity contribution in [2.24, 2.45) is 0 Å². The van der Waals surface area contributed by atoms with E-state index in [1.54, 1.807) is 19.5 Å². The molecule has 0 fully saturated rings. The number of hydrogen-bond acceptors (Lipinski definition) is 4. The molecule has 0 aliphatic heterocycles. The zero-order valence-corrected chi connectivity index (χ0v) is 13.1. The molecule has 5 heteroatoms. The number of ether oxygens (including phenoxy) is 1. The van der Waals surface area contributed by atoms with Gasteiger partial charge in [0.05, 0.1) is 25.2 Å². The highest BCUT2D eigenvalue weighted by Gasteiger charge is 2.17. The van der Waals surface area contributed by atoms with E-state index in [1.807, 2.05) is 30.6 Å². The maximum atomic E-state index is 5.47. The molecule has 5 nitrogen and oxygen atoms in total. The summed E-state index contributed by atoms with van der Waals surface area (Å²) in [5.41, 5.74) is 3.19. The lowest BCUT2D eigenvalue weighted by atomic mass is 10.1. The van der Waals surface area contributed by atoms with Crippen molar-refractivity contribution in [1.29, 1.82) is 0 Å². The van der Waals surface area contributed by atoms with E-state index in [9.17, 15) is 0 Å². The average Bonchev–Trinajstić information content (AvgIpc) is 2.97. The van der Waals surface area contributed by atoms with Crippen molar-refractivity contribution in [3.63, 3.8) is 0 Å². The number of rotatable bonds is 5. The summed E-state index contributed by atoms with van der Waals surface area (Å²) in [5, 5.41) is 0. The molecular formula is C17H20N4O. The second-order valence-corrected chi connectivity index (χ2v) is 5.39. The van der Waals surface area contributed by atoms with E-state index in [4.69, 9.17) is 4.74 Å². The van der Waals surface area contributed by atoms with Crippen molar-refractivity contribution in [2.75, 3.05) is 14.2 Å². The standard InChI is InChI=1S/C17H20N4O/c1-13(15-6-4-5-7-16(15)22-3)20(2)12-14-10-19-17-11-18-8-9-21(14)17/h4-11,13H,12H2,1-3H3. The van der Waals surface area contributed by atoms with Gasteiger partial charge in [-0.2, -0.15) is 0 Å². The Bertz CT molecular complexity index is 768. The van der Waals surface area contributed by atoms with Crippen LogP contribution in [0.4, 0.5) is 0 Å². The fourth-order valence-corrected chi connectivity index (χ4v) is 2.65. The summed E-state index contributed by atoms with van der Waals surface area (Å²) in [6.07, 6.45) is 7.40. The zero-order valence-electron chi connectivity index (χ0n) is 13.1. The van der Waals surface area contributed by atoms with Crippen LogP contribution in [0.5, 0.6) is 5.75 Å². The van der Waals surface area contributed by atoms with E-state index in [0.717, 1.165) is 23.6 Å². The first-order valence-electron chi connectivity index (χ1n) is 7.30. The first-order chi connectivity index (χ1) is 10.7. The lowest BCUT2D eigenvalue weighted by Crippen LogP contribution is -2.23. The summed E-state index contributed by atoms with van der Waals surface area (Å²) in [6.45, 7) is 2.98. The summed E-state index contributed by atoms with van der Waals surface area (Å²) in [4.78, 5) is 10.8. The van der Waals surface area contributed by atoms with E-state index in [1.165, 1.54) is 5.56 Å². The van der Waals surface area contributed by atoms with Gasteiger partial charge in [0.15, 0.2) is 5.65 Å². The quantitative estimate of drug-likeness (QED) is 0.726. The summed E-state index contributed by atoms with van der Waals surface area (Å²) < 4.78 is 7.54. The Kier molecular flexibility index (Phi) is 4.06. The minimum Gasteiger partial charge on any atom is -0.496 e. The third-order valence-electron chi connectivity index (χ3n) is 4.06. The van der Waals surface area contributed by atoms with Crippen LogP contribution in [0.3, 0.4) is 0 Å². The van der Waals surface area contributed by atoms with Crippen LogP contribution in [0.1, 0.15) is 24.2 Å². The number of fused-ring (bicyclic) bond motifs is 1. The van der Waals surface area contributed by atoms with Gasteiger partial charge in [0, 0.05) is 30.5 Å². The molecule has 1 unspecified atom stereocenters. The van der Waals surface area contributed by atoms with Crippen LogP contribution in [0.25, 0.3) is 5.65 Å². The van der Waals surface area contributed by atoms with Gasteiger partial charge in [-0.25, -0.2) is 4.98 Å². The van der Waals surface area contributed by atoms with Crippen LogP contribution < -0.4 is 4.74 Å². The Balaban J connectivity index is 1.83. The predicted molar refractivity (Wildman–Crippen MR) is 85.9 cm³/mol. The van der Waals surface area contributed by atoms with Crippen molar-refractivity contribution in [2.45, 2.75) is 19.5 Å². The van der Waals surface area contributed by atoms with Crippen LogP contribution in [0, 0.1) is 0 Å². The molecule has 0 N–H and O–H groups in total. The van der Waals surface area contributed by atoms with Gasteiger partial charge in [0.2, 0.25) is 0 Å². The Hall–Kier alpha value is -2.40. The van der Waals surface area contributed by atoms with E-state index >= 15 is 0 Å². The smallest absolute Gasteiger partial charge is 0.155 e. The van der Waals surface area contributed by atoms with Crippen molar-refractivity contribution in [1.82, 2.24) is 19.3 Å². The summed E-state index contributed by atoms with van der Waals surface area (Å²) in [5.74, 6) is 0.921. The molecular weight excluding hydrogens is 276 g/mol. The lowest BCUT2D eigenvalue weighted by molar-refractivity contribution is 0.243. The van der Waals surface area contributed by atoms with Gasteiger partial charge < -0.3 is 4.74 Å². The molecule has 0 aliphatic rings.